The number of thiophene rings is 1. The first kappa shape index (κ1) is 15.8. The predicted molar refractivity (Wildman–Crippen MR) is 90.8 cm³/mol. The van der Waals surface area contributed by atoms with Gasteiger partial charge in [0.1, 0.15) is 10.5 Å². The molecule has 0 fully saturated rings. The van der Waals surface area contributed by atoms with Crippen LogP contribution in [0.5, 0.6) is 0 Å². The van der Waals surface area contributed by atoms with E-state index in [1.165, 1.54) is 27.7 Å². The standard InChI is InChI=1S/C15H15N3O3S2/c1-17(8-10-4-3-6-21-10)12(19)9-23-15-16-11-5-7-22-13(11)14(20)18(15)2/h3-7H,8-9H2,1-2H3. The van der Waals surface area contributed by atoms with Gasteiger partial charge in [0.15, 0.2) is 5.16 Å². The zero-order valence-electron chi connectivity index (χ0n) is 12.7. The second-order valence-electron chi connectivity index (χ2n) is 5.01. The van der Waals surface area contributed by atoms with Gasteiger partial charge in [0.05, 0.1) is 24.1 Å². The molecule has 0 atom stereocenters. The number of carbonyl (C=O) groups is 1. The van der Waals surface area contributed by atoms with Crippen LogP contribution in [0.25, 0.3) is 10.2 Å². The molecule has 3 rings (SSSR count). The van der Waals surface area contributed by atoms with Gasteiger partial charge in [0.2, 0.25) is 5.91 Å². The van der Waals surface area contributed by atoms with Crippen LogP contribution in [-0.4, -0.2) is 33.2 Å². The quantitative estimate of drug-likeness (QED) is 0.522. The van der Waals surface area contributed by atoms with E-state index in [1.54, 1.807) is 31.3 Å². The first-order valence-electron chi connectivity index (χ1n) is 6.89. The summed E-state index contributed by atoms with van der Waals surface area (Å²) in [4.78, 5) is 30.5. The van der Waals surface area contributed by atoms with Crippen LogP contribution in [-0.2, 0) is 18.4 Å². The number of amides is 1. The Kier molecular flexibility index (Phi) is 4.53. The molecule has 0 N–H and O–H groups in total. The molecule has 0 saturated heterocycles. The van der Waals surface area contributed by atoms with Gasteiger partial charge in [-0.3, -0.25) is 14.2 Å². The summed E-state index contributed by atoms with van der Waals surface area (Å²) >= 11 is 2.64. The smallest absolute Gasteiger partial charge is 0.271 e. The minimum Gasteiger partial charge on any atom is -0.467 e. The average Bonchev–Trinajstić information content (AvgIpc) is 3.20. The van der Waals surface area contributed by atoms with E-state index in [4.69, 9.17) is 4.42 Å². The number of aromatic nitrogens is 2. The van der Waals surface area contributed by atoms with Gasteiger partial charge in [0.25, 0.3) is 5.56 Å². The van der Waals surface area contributed by atoms with Crippen molar-refractivity contribution < 1.29 is 9.21 Å². The Morgan fingerprint density at radius 3 is 3.04 bits per heavy atom. The maximum absolute atomic E-state index is 12.2. The molecule has 0 aliphatic rings. The van der Waals surface area contributed by atoms with E-state index >= 15 is 0 Å². The Morgan fingerprint density at radius 1 is 1.48 bits per heavy atom. The molecule has 3 heterocycles. The summed E-state index contributed by atoms with van der Waals surface area (Å²) in [6.45, 7) is 0.419. The number of carbonyl (C=O) groups excluding carboxylic acids is 1. The molecule has 0 aromatic carbocycles. The maximum atomic E-state index is 12.2. The van der Waals surface area contributed by atoms with Crippen LogP contribution in [0.4, 0.5) is 0 Å². The van der Waals surface area contributed by atoms with Gasteiger partial charge in [-0.05, 0) is 23.6 Å². The summed E-state index contributed by atoms with van der Waals surface area (Å²) in [6.07, 6.45) is 1.58. The van der Waals surface area contributed by atoms with Crippen LogP contribution in [0.15, 0.2) is 44.2 Å². The Labute approximate surface area is 140 Å². The van der Waals surface area contributed by atoms with Gasteiger partial charge in [0, 0.05) is 14.1 Å². The highest BCUT2D eigenvalue weighted by atomic mass is 32.2. The third-order valence-corrected chi connectivity index (χ3v) is 5.28. The highest BCUT2D eigenvalue weighted by Gasteiger charge is 2.14. The molecule has 3 aromatic rings. The highest BCUT2D eigenvalue weighted by Crippen LogP contribution is 2.20. The molecule has 0 aliphatic heterocycles. The monoisotopic (exact) mass is 349 g/mol. The van der Waals surface area contributed by atoms with E-state index in [0.29, 0.717) is 21.9 Å². The van der Waals surface area contributed by atoms with Crippen molar-refractivity contribution in [2.75, 3.05) is 12.8 Å². The second kappa shape index (κ2) is 6.59. The predicted octanol–water partition coefficient (Wildman–Crippen LogP) is 2.34. The number of hydrogen-bond donors (Lipinski definition) is 0. The molecule has 120 valence electrons. The van der Waals surface area contributed by atoms with Crippen molar-refractivity contribution in [3.63, 3.8) is 0 Å². The molecule has 8 heteroatoms. The Morgan fingerprint density at radius 2 is 2.30 bits per heavy atom. The fraction of sp³-hybridized carbons (Fsp3) is 0.267. The number of rotatable bonds is 5. The maximum Gasteiger partial charge on any atom is 0.271 e. The molecule has 0 spiro atoms. The van der Waals surface area contributed by atoms with Gasteiger partial charge in [-0.25, -0.2) is 4.98 Å². The van der Waals surface area contributed by atoms with Gasteiger partial charge in [-0.1, -0.05) is 11.8 Å². The van der Waals surface area contributed by atoms with Crippen LogP contribution in [0.3, 0.4) is 0 Å². The summed E-state index contributed by atoms with van der Waals surface area (Å²) in [6, 6.07) is 5.43. The summed E-state index contributed by atoms with van der Waals surface area (Å²) in [7, 11) is 3.40. The number of fused-ring (bicyclic) bond motifs is 1. The van der Waals surface area contributed by atoms with E-state index in [-0.39, 0.29) is 17.2 Å². The normalized spacial score (nSPS) is 11.0. The first-order valence-corrected chi connectivity index (χ1v) is 8.76. The van der Waals surface area contributed by atoms with Gasteiger partial charge >= 0.3 is 0 Å². The number of nitrogens with zero attached hydrogens (tertiary/aromatic N) is 3. The Balaban J connectivity index is 1.69. The zero-order valence-corrected chi connectivity index (χ0v) is 14.3. The number of thioether (sulfide) groups is 1. The summed E-state index contributed by atoms with van der Waals surface area (Å²) in [5, 5.41) is 2.39. The van der Waals surface area contributed by atoms with Crippen molar-refractivity contribution in [3.05, 3.63) is 46.0 Å². The van der Waals surface area contributed by atoms with E-state index in [2.05, 4.69) is 4.98 Å². The molecular weight excluding hydrogens is 334 g/mol. The van der Waals surface area contributed by atoms with Crippen LogP contribution in [0.1, 0.15) is 5.76 Å². The van der Waals surface area contributed by atoms with Crippen molar-refractivity contribution in [3.8, 4) is 0 Å². The van der Waals surface area contributed by atoms with E-state index in [0.717, 1.165) is 5.76 Å². The zero-order chi connectivity index (χ0) is 16.4. The largest absolute Gasteiger partial charge is 0.467 e. The van der Waals surface area contributed by atoms with Gasteiger partial charge < -0.3 is 9.32 Å². The van der Waals surface area contributed by atoms with Crippen LogP contribution in [0, 0.1) is 0 Å². The molecule has 0 unspecified atom stereocenters. The summed E-state index contributed by atoms with van der Waals surface area (Å²) in [5.74, 6) is 0.898. The molecule has 0 radical (unpaired) electrons. The van der Waals surface area contributed by atoms with E-state index in [1.807, 2.05) is 17.5 Å². The molecule has 23 heavy (non-hydrogen) atoms. The molecule has 3 aromatic heterocycles. The minimum atomic E-state index is -0.0797. The van der Waals surface area contributed by atoms with Crippen LogP contribution in [0.2, 0.25) is 0 Å². The highest BCUT2D eigenvalue weighted by molar-refractivity contribution is 7.99. The Bertz CT molecular complexity index is 883. The first-order chi connectivity index (χ1) is 11.1. The lowest BCUT2D eigenvalue weighted by molar-refractivity contribution is -0.127. The number of hydrogen-bond acceptors (Lipinski definition) is 6. The van der Waals surface area contributed by atoms with Crippen molar-refractivity contribution in [2.45, 2.75) is 11.7 Å². The fourth-order valence-electron chi connectivity index (χ4n) is 2.06. The summed E-state index contributed by atoms with van der Waals surface area (Å²) < 4.78 is 7.36. The molecular formula is C15H15N3O3S2. The lowest BCUT2D eigenvalue weighted by atomic mass is 10.4. The van der Waals surface area contributed by atoms with Crippen molar-refractivity contribution in [2.24, 2.45) is 7.05 Å². The fourth-order valence-corrected chi connectivity index (χ4v) is 3.78. The molecule has 1 amide bonds. The third kappa shape index (κ3) is 3.32. The van der Waals surface area contributed by atoms with Crippen molar-refractivity contribution in [1.82, 2.24) is 14.5 Å². The van der Waals surface area contributed by atoms with E-state index in [9.17, 15) is 9.59 Å². The summed E-state index contributed by atoms with van der Waals surface area (Å²) in [5.41, 5.74) is 0.598. The Hall–Kier alpha value is -2.06. The van der Waals surface area contributed by atoms with Crippen LogP contribution < -0.4 is 5.56 Å². The van der Waals surface area contributed by atoms with Crippen LogP contribution >= 0.6 is 23.1 Å². The average molecular weight is 349 g/mol. The molecule has 6 nitrogen and oxygen atoms in total. The molecule has 0 bridgehead atoms. The van der Waals surface area contributed by atoms with Gasteiger partial charge in [-0.2, -0.15) is 0 Å². The van der Waals surface area contributed by atoms with Crippen molar-refractivity contribution in [1.29, 1.82) is 0 Å². The molecule has 0 saturated carbocycles. The van der Waals surface area contributed by atoms with Crippen molar-refractivity contribution >= 4 is 39.2 Å². The second-order valence-corrected chi connectivity index (χ2v) is 6.87. The SMILES string of the molecule is CN(Cc1ccco1)C(=O)CSc1nc2ccsc2c(=O)n1C. The van der Waals surface area contributed by atoms with Gasteiger partial charge in [-0.15, -0.1) is 11.3 Å². The molecule has 0 aliphatic carbocycles. The minimum absolute atomic E-state index is 0.0499. The topological polar surface area (TPSA) is 68.3 Å². The van der Waals surface area contributed by atoms with E-state index < -0.39 is 0 Å². The lowest BCUT2D eigenvalue weighted by Crippen LogP contribution is -2.28. The lowest BCUT2D eigenvalue weighted by Gasteiger charge is -2.15. The number of furan rings is 1. The third-order valence-electron chi connectivity index (χ3n) is 3.37.